The molecule has 0 aliphatic carbocycles. The second kappa shape index (κ2) is 4.45. The van der Waals surface area contributed by atoms with Crippen LogP contribution in [0.4, 0.5) is 0 Å². The van der Waals surface area contributed by atoms with Crippen molar-refractivity contribution in [3.05, 3.63) is 64.4 Å². The van der Waals surface area contributed by atoms with Crippen LogP contribution >= 0.6 is 22.6 Å². The zero-order valence-electron chi connectivity index (χ0n) is 9.10. The van der Waals surface area contributed by atoms with E-state index in [1.165, 1.54) is 16.3 Å². The molecule has 3 aromatic rings. The summed E-state index contributed by atoms with van der Waals surface area (Å²) in [6.07, 6.45) is 0. The average molecular weight is 331 g/mol. The van der Waals surface area contributed by atoms with E-state index in [4.69, 9.17) is 0 Å². The fraction of sp³-hybridized carbons (Fsp3) is 0. The summed E-state index contributed by atoms with van der Waals surface area (Å²) in [6, 6.07) is 20.8. The molecular formula is C15H10IN. The Kier molecular flexibility index (Phi) is 2.81. The highest BCUT2D eigenvalue weighted by Crippen LogP contribution is 2.27. The van der Waals surface area contributed by atoms with Crippen molar-refractivity contribution in [3.8, 4) is 11.3 Å². The van der Waals surface area contributed by atoms with Gasteiger partial charge in [0.2, 0.25) is 0 Å². The zero-order valence-corrected chi connectivity index (χ0v) is 11.3. The van der Waals surface area contributed by atoms with Crippen LogP contribution in [-0.4, -0.2) is 4.98 Å². The van der Waals surface area contributed by atoms with Gasteiger partial charge in [-0.05, 0) is 34.0 Å². The first-order valence-electron chi connectivity index (χ1n) is 5.45. The van der Waals surface area contributed by atoms with Crippen molar-refractivity contribution in [2.45, 2.75) is 0 Å². The number of aromatic nitrogens is 1. The van der Waals surface area contributed by atoms with Gasteiger partial charge < -0.3 is 0 Å². The van der Waals surface area contributed by atoms with E-state index in [0.29, 0.717) is 0 Å². The number of rotatable bonds is 1. The monoisotopic (exact) mass is 331 g/mol. The minimum absolute atomic E-state index is 1.03. The largest absolute Gasteiger partial charge is 0.241 e. The normalized spacial score (nSPS) is 10.6. The highest BCUT2D eigenvalue weighted by molar-refractivity contribution is 14.1. The van der Waals surface area contributed by atoms with Crippen molar-refractivity contribution in [1.82, 2.24) is 4.98 Å². The Morgan fingerprint density at radius 1 is 0.824 bits per heavy atom. The van der Waals surface area contributed by atoms with E-state index < -0.39 is 0 Å². The summed E-state index contributed by atoms with van der Waals surface area (Å²) in [5, 5.41) is 2.45. The molecule has 2 heteroatoms. The van der Waals surface area contributed by atoms with Gasteiger partial charge in [-0.2, -0.15) is 0 Å². The average Bonchev–Trinajstić information content (AvgIpc) is 2.39. The molecule has 1 nitrogen and oxygen atoms in total. The number of nitrogens with zero attached hydrogens (tertiary/aromatic N) is 1. The van der Waals surface area contributed by atoms with Gasteiger partial charge in [0.05, 0.1) is 5.69 Å². The van der Waals surface area contributed by atoms with Crippen molar-refractivity contribution in [3.63, 3.8) is 0 Å². The van der Waals surface area contributed by atoms with E-state index in [0.717, 1.165) is 9.39 Å². The molecule has 0 spiro atoms. The SMILES string of the molecule is Ic1cc2ccccc2c(-c2ccccc2)n1. The summed E-state index contributed by atoms with van der Waals surface area (Å²) in [4.78, 5) is 4.66. The molecule has 0 amide bonds. The fourth-order valence-electron chi connectivity index (χ4n) is 1.98. The maximum absolute atomic E-state index is 4.66. The topological polar surface area (TPSA) is 12.9 Å². The highest BCUT2D eigenvalue weighted by atomic mass is 127. The number of hydrogen-bond donors (Lipinski definition) is 0. The van der Waals surface area contributed by atoms with Crippen LogP contribution in [0.25, 0.3) is 22.0 Å². The molecule has 0 aliphatic rings. The molecular weight excluding hydrogens is 321 g/mol. The molecule has 0 saturated heterocycles. The molecule has 3 rings (SSSR count). The molecule has 0 N–H and O–H groups in total. The second-order valence-corrected chi connectivity index (χ2v) is 4.99. The fourth-order valence-corrected chi connectivity index (χ4v) is 2.56. The maximum atomic E-state index is 4.66. The third-order valence-electron chi connectivity index (χ3n) is 2.76. The third-order valence-corrected chi connectivity index (χ3v) is 3.31. The lowest BCUT2D eigenvalue weighted by molar-refractivity contribution is 1.30. The van der Waals surface area contributed by atoms with Crippen molar-refractivity contribution >= 4 is 33.4 Å². The zero-order chi connectivity index (χ0) is 11.7. The van der Waals surface area contributed by atoms with Crippen LogP contribution in [0.15, 0.2) is 60.7 Å². The van der Waals surface area contributed by atoms with E-state index in [9.17, 15) is 0 Å². The molecule has 0 bridgehead atoms. The molecule has 1 aromatic heterocycles. The molecule has 0 saturated carbocycles. The van der Waals surface area contributed by atoms with Gasteiger partial charge in [-0.15, -0.1) is 0 Å². The predicted molar refractivity (Wildman–Crippen MR) is 79.9 cm³/mol. The first-order valence-corrected chi connectivity index (χ1v) is 6.53. The van der Waals surface area contributed by atoms with Crippen LogP contribution in [0.5, 0.6) is 0 Å². The van der Waals surface area contributed by atoms with Crippen molar-refractivity contribution in [2.75, 3.05) is 0 Å². The first-order chi connectivity index (χ1) is 8.34. The van der Waals surface area contributed by atoms with E-state index in [1.807, 2.05) is 18.2 Å². The molecule has 2 aromatic carbocycles. The number of fused-ring (bicyclic) bond motifs is 1. The smallest absolute Gasteiger partial charge is 0.102 e. The van der Waals surface area contributed by atoms with Gasteiger partial charge in [0.1, 0.15) is 3.70 Å². The van der Waals surface area contributed by atoms with Crippen molar-refractivity contribution in [1.29, 1.82) is 0 Å². The van der Waals surface area contributed by atoms with Gasteiger partial charge >= 0.3 is 0 Å². The third kappa shape index (κ3) is 2.05. The maximum Gasteiger partial charge on any atom is 0.102 e. The van der Waals surface area contributed by atoms with Crippen LogP contribution in [0.1, 0.15) is 0 Å². The van der Waals surface area contributed by atoms with Gasteiger partial charge in [-0.25, -0.2) is 4.98 Å². The standard InChI is InChI=1S/C15H10IN/c16-14-10-12-8-4-5-9-13(12)15(17-14)11-6-2-1-3-7-11/h1-10H. The van der Waals surface area contributed by atoms with Gasteiger partial charge in [-0.1, -0.05) is 54.6 Å². The predicted octanol–water partition coefficient (Wildman–Crippen LogP) is 4.51. The number of pyridine rings is 1. The molecule has 0 radical (unpaired) electrons. The minimum Gasteiger partial charge on any atom is -0.241 e. The van der Waals surface area contributed by atoms with Crippen LogP contribution < -0.4 is 0 Å². The molecule has 0 fully saturated rings. The Morgan fingerprint density at radius 3 is 2.35 bits per heavy atom. The Labute approximate surface area is 114 Å². The summed E-state index contributed by atoms with van der Waals surface area (Å²) in [5.41, 5.74) is 2.23. The van der Waals surface area contributed by atoms with Gasteiger partial charge in [-0.3, -0.25) is 0 Å². The Balaban J connectivity index is 2.36. The van der Waals surface area contributed by atoms with E-state index in [1.54, 1.807) is 0 Å². The number of hydrogen-bond acceptors (Lipinski definition) is 1. The second-order valence-electron chi connectivity index (χ2n) is 3.88. The molecule has 0 atom stereocenters. The summed E-state index contributed by atoms with van der Waals surface area (Å²) in [5.74, 6) is 0. The molecule has 0 aliphatic heterocycles. The van der Waals surface area contributed by atoms with Gasteiger partial charge in [0.25, 0.3) is 0 Å². The van der Waals surface area contributed by atoms with Crippen LogP contribution in [0.3, 0.4) is 0 Å². The Morgan fingerprint density at radius 2 is 1.53 bits per heavy atom. The Hall–Kier alpha value is -1.42. The number of halogens is 1. The van der Waals surface area contributed by atoms with Crippen LogP contribution in [-0.2, 0) is 0 Å². The van der Waals surface area contributed by atoms with Gasteiger partial charge in [0.15, 0.2) is 0 Å². The molecule has 1 heterocycles. The summed E-state index contributed by atoms with van der Waals surface area (Å²) in [6.45, 7) is 0. The molecule has 82 valence electrons. The minimum atomic E-state index is 1.03. The van der Waals surface area contributed by atoms with Crippen molar-refractivity contribution in [2.24, 2.45) is 0 Å². The summed E-state index contributed by atoms with van der Waals surface area (Å²) >= 11 is 2.27. The van der Waals surface area contributed by atoms with Crippen LogP contribution in [0.2, 0.25) is 0 Å². The highest BCUT2D eigenvalue weighted by Gasteiger charge is 2.06. The van der Waals surface area contributed by atoms with Gasteiger partial charge in [0, 0.05) is 10.9 Å². The summed E-state index contributed by atoms with van der Waals surface area (Å²) in [7, 11) is 0. The molecule has 17 heavy (non-hydrogen) atoms. The van der Waals surface area contributed by atoms with E-state index >= 15 is 0 Å². The Bertz CT molecular complexity index is 662. The number of benzene rings is 2. The lowest BCUT2D eigenvalue weighted by Crippen LogP contribution is -1.89. The first kappa shape index (κ1) is 10.7. The quantitative estimate of drug-likeness (QED) is 0.472. The van der Waals surface area contributed by atoms with Crippen LogP contribution in [0, 0.1) is 3.70 Å². The van der Waals surface area contributed by atoms with E-state index in [-0.39, 0.29) is 0 Å². The van der Waals surface area contributed by atoms with E-state index in [2.05, 4.69) is 70.0 Å². The van der Waals surface area contributed by atoms with Crippen molar-refractivity contribution < 1.29 is 0 Å². The lowest BCUT2D eigenvalue weighted by atomic mass is 10.0. The molecule has 0 unspecified atom stereocenters. The lowest BCUT2D eigenvalue weighted by Gasteiger charge is -2.06. The summed E-state index contributed by atoms with van der Waals surface area (Å²) < 4.78 is 1.03.